The summed E-state index contributed by atoms with van der Waals surface area (Å²) >= 11 is 0. The molecule has 0 fully saturated rings. The second kappa shape index (κ2) is 9.40. The number of hydrogen-bond acceptors (Lipinski definition) is 3. The molecule has 0 spiro atoms. The van der Waals surface area contributed by atoms with Crippen molar-refractivity contribution in [1.29, 1.82) is 0 Å². The van der Waals surface area contributed by atoms with Crippen LogP contribution in [0.2, 0.25) is 0 Å². The molecule has 2 rings (SSSR count). The minimum atomic E-state index is -3.53. The van der Waals surface area contributed by atoms with E-state index >= 15 is 0 Å². The minimum Gasteiger partial charge on any atom is -0.445 e. The van der Waals surface area contributed by atoms with Crippen molar-refractivity contribution in [2.45, 2.75) is 32.2 Å². The molecule has 2 N–H and O–H groups in total. The third-order valence-electron chi connectivity index (χ3n) is 3.80. The van der Waals surface area contributed by atoms with Crippen LogP contribution in [-0.2, 0) is 22.3 Å². The molecule has 2 atom stereocenters. The molecule has 2 aromatic carbocycles. The lowest BCUT2D eigenvalue weighted by molar-refractivity contribution is 0.138. The molecule has 0 heterocycles. The third-order valence-corrected chi connectivity index (χ3v) is 6.17. The quantitative estimate of drug-likeness (QED) is 0.692. The van der Waals surface area contributed by atoms with Gasteiger partial charge in [0.15, 0.2) is 0 Å². The molecule has 2 aromatic rings. The van der Waals surface area contributed by atoms with Gasteiger partial charge in [-0.25, -0.2) is 4.79 Å². The molecule has 1 amide bonds. The zero-order chi connectivity index (χ0) is 18.1. The van der Waals surface area contributed by atoms with E-state index in [0.717, 1.165) is 11.1 Å². The van der Waals surface area contributed by atoms with Crippen molar-refractivity contribution >= 4 is 13.5 Å². The van der Waals surface area contributed by atoms with Crippen molar-refractivity contribution in [2.24, 2.45) is 0 Å². The summed E-state index contributed by atoms with van der Waals surface area (Å²) in [6.45, 7) is 1.96. The Bertz CT molecular complexity index is 706. The smallest absolute Gasteiger partial charge is 0.408 e. The van der Waals surface area contributed by atoms with E-state index in [9.17, 15) is 14.3 Å². The Kier molecular flexibility index (Phi) is 7.23. The average molecular weight is 361 g/mol. The molecule has 0 saturated heterocycles. The number of hydrogen-bond donors (Lipinski definition) is 2. The summed E-state index contributed by atoms with van der Waals surface area (Å²) in [4.78, 5) is 22.5. The van der Waals surface area contributed by atoms with Gasteiger partial charge in [0.1, 0.15) is 12.4 Å². The van der Waals surface area contributed by atoms with Crippen LogP contribution in [0.15, 0.2) is 60.7 Å². The van der Waals surface area contributed by atoms with Gasteiger partial charge in [-0.3, -0.25) is 4.57 Å². The second-order valence-corrected chi connectivity index (χ2v) is 8.47. The van der Waals surface area contributed by atoms with E-state index in [-0.39, 0.29) is 19.2 Å². The van der Waals surface area contributed by atoms with Crippen LogP contribution in [0.25, 0.3) is 0 Å². The van der Waals surface area contributed by atoms with E-state index in [1.807, 2.05) is 67.6 Å². The van der Waals surface area contributed by atoms with Crippen LogP contribution in [0.1, 0.15) is 24.5 Å². The molecule has 25 heavy (non-hydrogen) atoms. The van der Waals surface area contributed by atoms with Crippen molar-refractivity contribution in [3.05, 3.63) is 71.8 Å². The van der Waals surface area contributed by atoms with Crippen molar-refractivity contribution < 1.29 is 19.0 Å². The van der Waals surface area contributed by atoms with E-state index in [2.05, 4.69) is 5.32 Å². The first-order valence-corrected chi connectivity index (χ1v) is 10.3. The molecular weight excluding hydrogens is 337 g/mol. The van der Waals surface area contributed by atoms with Gasteiger partial charge in [0, 0.05) is 12.6 Å². The van der Waals surface area contributed by atoms with E-state index in [1.54, 1.807) is 0 Å². The summed E-state index contributed by atoms with van der Waals surface area (Å²) < 4.78 is 17.8. The maximum atomic E-state index is 12.6. The number of amides is 1. The normalized spacial score (nSPS) is 14.3. The fourth-order valence-corrected chi connectivity index (χ4v) is 4.26. The molecule has 0 radical (unpaired) electrons. The van der Waals surface area contributed by atoms with Gasteiger partial charge < -0.3 is 14.9 Å². The van der Waals surface area contributed by atoms with Gasteiger partial charge in [-0.05, 0) is 17.5 Å². The van der Waals surface area contributed by atoms with Crippen molar-refractivity contribution in [3.63, 3.8) is 0 Å². The van der Waals surface area contributed by atoms with Crippen molar-refractivity contribution in [3.8, 4) is 0 Å². The van der Waals surface area contributed by atoms with Crippen LogP contribution >= 0.6 is 7.37 Å². The molecule has 0 aliphatic heterocycles. The molecule has 0 aliphatic rings. The van der Waals surface area contributed by atoms with Crippen molar-refractivity contribution in [2.75, 3.05) is 6.16 Å². The van der Waals surface area contributed by atoms with Crippen LogP contribution in [0, 0.1) is 0 Å². The first kappa shape index (κ1) is 19.2. The topological polar surface area (TPSA) is 75.6 Å². The van der Waals surface area contributed by atoms with Crippen LogP contribution in [-0.4, -0.2) is 22.9 Å². The molecule has 0 aromatic heterocycles. The highest BCUT2D eigenvalue weighted by molar-refractivity contribution is 7.58. The standard InChI is InChI=1S/C19H24NO4P/c1-2-13-25(22,23)18(14-16-9-5-3-6-10-16)20-19(21)24-15-17-11-7-4-8-12-17/h3-12,18H,2,13-15H2,1H3,(H,20,21)(H,22,23)/t18-/m1/s1. The number of rotatable bonds is 8. The number of ether oxygens (including phenoxy) is 1. The van der Waals surface area contributed by atoms with Crippen LogP contribution in [0.3, 0.4) is 0 Å². The Balaban J connectivity index is 2.01. The highest BCUT2D eigenvalue weighted by Gasteiger charge is 2.32. The fraction of sp³-hybridized carbons (Fsp3) is 0.316. The predicted octanol–water partition coefficient (Wildman–Crippen LogP) is 4.16. The largest absolute Gasteiger partial charge is 0.445 e. The monoisotopic (exact) mass is 361 g/mol. The lowest BCUT2D eigenvalue weighted by Gasteiger charge is -2.24. The molecular formula is C19H24NO4P. The highest BCUT2D eigenvalue weighted by Crippen LogP contribution is 2.46. The van der Waals surface area contributed by atoms with Gasteiger partial charge >= 0.3 is 6.09 Å². The molecule has 5 nitrogen and oxygen atoms in total. The first-order chi connectivity index (χ1) is 12.0. The maximum absolute atomic E-state index is 12.6. The Labute approximate surface area is 148 Å². The molecule has 0 bridgehead atoms. The number of carbonyl (C=O) groups is 1. The minimum absolute atomic E-state index is 0.119. The van der Waals surface area contributed by atoms with Gasteiger partial charge in [0.05, 0.1) is 0 Å². The Morgan fingerprint density at radius 1 is 1.08 bits per heavy atom. The van der Waals surface area contributed by atoms with E-state index in [1.165, 1.54) is 0 Å². The van der Waals surface area contributed by atoms with Gasteiger partial charge in [-0.2, -0.15) is 0 Å². The maximum Gasteiger partial charge on any atom is 0.408 e. The SMILES string of the molecule is CCCP(=O)(O)[C@H](Cc1ccccc1)NC(=O)OCc1ccccc1. The summed E-state index contributed by atoms with van der Waals surface area (Å²) in [5.74, 6) is -0.863. The van der Waals surface area contributed by atoms with E-state index < -0.39 is 19.2 Å². The summed E-state index contributed by atoms with van der Waals surface area (Å²) in [6.07, 6.45) is 0.327. The van der Waals surface area contributed by atoms with Crippen molar-refractivity contribution in [1.82, 2.24) is 5.32 Å². The fourth-order valence-electron chi connectivity index (χ4n) is 2.51. The summed E-state index contributed by atoms with van der Waals surface area (Å²) in [5.41, 5.74) is 1.75. The third kappa shape index (κ3) is 6.37. The van der Waals surface area contributed by atoms with Crippen LogP contribution in [0.5, 0.6) is 0 Å². The zero-order valence-electron chi connectivity index (χ0n) is 14.3. The van der Waals surface area contributed by atoms with E-state index in [4.69, 9.17) is 4.74 Å². The highest BCUT2D eigenvalue weighted by atomic mass is 31.2. The lowest BCUT2D eigenvalue weighted by Crippen LogP contribution is -2.37. The van der Waals surface area contributed by atoms with Gasteiger partial charge in [-0.1, -0.05) is 67.6 Å². The first-order valence-electron chi connectivity index (χ1n) is 8.34. The molecule has 134 valence electrons. The molecule has 0 aliphatic carbocycles. The van der Waals surface area contributed by atoms with Gasteiger partial charge in [0.2, 0.25) is 7.37 Å². The number of benzene rings is 2. The van der Waals surface area contributed by atoms with Gasteiger partial charge in [0.25, 0.3) is 0 Å². The Morgan fingerprint density at radius 3 is 2.20 bits per heavy atom. The van der Waals surface area contributed by atoms with E-state index in [0.29, 0.717) is 6.42 Å². The number of nitrogens with one attached hydrogen (secondary N) is 1. The van der Waals surface area contributed by atoms with Crippen LogP contribution in [0.4, 0.5) is 4.79 Å². The lowest BCUT2D eigenvalue weighted by atomic mass is 10.1. The number of alkyl carbamates (subject to hydrolysis) is 1. The molecule has 1 unspecified atom stereocenters. The average Bonchev–Trinajstić information content (AvgIpc) is 2.61. The molecule has 6 heteroatoms. The Morgan fingerprint density at radius 2 is 1.64 bits per heavy atom. The predicted molar refractivity (Wildman–Crippen MR) is 98.7 cm³/mol. The zero-order valence-corrected chi connectivity index (χ0v) is 15.2. The summed E-state index contributed by atoms with van der Waals surface area (Å²) in [5, 5.41) is 2.59. The Hall–Kier alpha value is -2.10. The van der Waals surface area contributed by atoms with Gasteiger partial charge in [-0.15, -0.1) is 0 Å². The second-order valence-electron chi connectivity index (χ2n) is 5.89. The summed E-state index contributed by atoms with van der Waals surface area (Å²) in [6, 6.07) is 18.6. The van der Waals surface area contributed by atoms with Crippen LogP contribution < -0.4 is 5.32 Å². The molecule has 0 saturated carbocycles. The number of carbonyl (C=O) groups excluding carboxylic acids is 1. The summed E-state index contributed by atoms with van der Waals surface area (Å²) in [7, 11) is -3.53.